The van der Waals surface area contributed by atoms with E-state index < -0.39 is 0 Å². The zero-order valence-electron chi connectivity index (χ0n) is 13.8. The van der Waals surface area contributed by atoms with E-state index in [1.54, 1.807) is 34.0 Å². The molecular formula is C17H18N4O4. The molecule has 1 aromatic heterocycles. The van der Waals surface area contributed by atoms with Crippen LogP contribution in [0.25, 0.3) is 0 Å². The molecule has 0 aliphatic carbocycles. The number of ether oxygens (including phenoxy) is 2. The van der Waals surface area contributed by atoms with Crippen LogP contribution in [0.5, 0.6) is 11.5 Å². The Morgan fingerprint density at radius 1 is 1.32 bits per heavy atom. The van der Waals surface area contributed by atoms with Crippen LogP contribution in [0.1, 0.15) is 23.8 Å². The SMILES string of the molecule is CCn1ccc(C(=O)NC2CC(=O)N(c3ccc4c(c3)OCO4)C2)n1. The lowest BCUT2D eigenvalue weighted by molar-refractivity contribution is -0.117. The number of aromatic nitrogens is 2. The molecule has 8 nitrogen and oxygen atoms in total. The molecule has 1 saturated heterocycles. The topological polar surface area (TPSA) is 85.7 Å². The first kappa shape index (κ1) is 15.5. The van der Waals surface area contributed by atoms with Gasteiger partial charge in [-0.2, -0.15) is 5.10 Å². The van der Waals surface area contributed by atoms with Crippen molar-refractivity contribution in [2.45, 2.75) is 25.9 Å². The molecular weight excluding hydrogens is 324 g/mol. The Bertz CT molecular complexity index is 832. The fraction of sp³-hybridized carbons (Fsp3) is 0.353. The second-order valence-electron chi connectivity index (χ2n) is 5.97. The maximum atomic E-state index is 12.3. The van der Waals surface area contributed by atoms with Crippen LogP contribution in [0, 0.1) is 0 Å². The number of rotatable bonds is 4. The number of nitrogens with one attached hydrogen (secondary N) is 1. The van der Waals surface area contributed by atoms with Gasteiger partial charge in [0.15, 0.2) is 11.5 Å². The number of fused-ring (bicyclic) bond motifs is 1. The Kier molecular flexibility index (Phi) is 3.79. The highest BCUT2D eigenvalue weighted by atomic mass is 16.7. The largest absolute Gasteiger partial charge is 0.454 e. The molecule has 0 radical (unpaired) electrons. The van der Waals surface area contributed by atoms with Gasteiger partial charge in [-0.3, -0.25) is 14.3 Å². The maximum absolute atomic E-state index is 12.3. The predicted molar refractivity (Wildman–Crippen MR) is 88.7 cm³/mol. The number of hydrogen-bond acceptors (Lipinski definition) is 5. The summed E-state index contributed by atoms with van der Waals surface area (Å²) in [6.45, 7) is 3.26. The van der Waals surface area contributed by atoms with E-state index in [0.717, 1.165) is 5.69 Å². The molecule has 4 rings (SSSR count). The number of nitrogens with zero attached hydrogens (tertiary/aromatic N) is 3. The molecule has 2 aliphatic heterocycles. The average molecular weight is 342 g/mol. The highest BCUT2D eigenvalue weighted by molar-refractivity contribution is 5.98. The summed E-state index contributed by atoms with van der Waals surface area (Å²) in [5.41, 5.74) is 1.09. The third-order valence-corrected chi connectivity index (χ3v) is 4.33. The number of benzene rings is 1. The molecule has 1 atom stereocenters. The van der Waals surface area contributed by atoms with E-state index in [-0.39, 0.29) is 31.1 Å². The molecule has 1 fully saturated rings. The zero-order valence-corrected chi connectivity index (χ0v) is 13.8. The van der Waals surface area contributed by atoms with Crippen molar-refractivity contribution >= 4 is 17.5 Å². The van der Waals surface area contributed by atoms with Gasteiger partial charge in [-0.15, -0.1) is 0 Å². The van der Waals surface area contributed by atoms with Crippen molar-refractivity contribution in [2.24, 2.45) is 0 Å². The van der Waals surface area contributed by atoms with Gasteiger partial charge in [0.1, 0.15) is 5.69 Å². The van der Waals surface area contributed by atoms with Gasteiger partial charge in [-0.05, 0) is 25.1 Å². The summed E-state index contributed by atoms with van der Waals surface area (Å²) in [6.07, 6.45) is 2.02. The Balaban J connectivity index is 1.44. The molecule has 25 heavy (non-hydrogen) atoms. The minimum absolute atomic E-state index is 0.0387. The van der Waals surface area contributed by atoms with Gasteiger partial charge in [0.25, 0.3) is 5.91 Å². The van der Waals surface area contributed by atoms with Crippen LogP contribution in [-0.2, 0) is 11.3 Å². The number of aryl methyl sites for hydroxylation is 1. The third kappa shape index (κ3) is 2.90. The second kappa shape index (κ2) is 6.12. The molecule has 1 unspecified atom stereocenters. The maximum Gasteiger partial charge on any atom is 0.272 e. The van der Waals surface area contributed by atoms with Crippen LogP contribution >= 0.6 is 0 Å². The van der Waals surface area contributed by atoms with Gasteiger partial charge in [0.2, 0.25) is 12.7 Å². The van der Waals surface area contributed by atoms with E-state index in [2.05, 4.69) is 10.4 Å². The van der Waals surface area contributed by atoms with E-state index in [1.165, 1.54) is 0 Å². The summed E-state index contributed by atoms with van der Waals surface area (Å²) in [6, 6.07) is 6.81. The van der Waals surface area contributed by atoms with Crippen LogP contribution in [0.3, 0.4) is 0 Å². The zero-order chi connectivity index (χ0) is 17.4. The Labute approximate surface area is 144 Å². The fourth-order valence-electron chi connectivity index (χ4n) is 3.03. The van der Waals surface area contributed by atoms with Crippen molar-refractivity contribution < 1.29 is 19.1 Å². The van der Waals surface area contributed by atoms with Crippen LogP contribution in [0.2, 0.25) is 0 Å². The van der Waals surface area contributed by atoms with Crippen LogP contribution in [0.15, 0.2) is 30.5 Å². The molecule has 0 bridgehead atoms. The Morgan fingerprint density at radius 2 is 2.16 bits per heavy atom. The summed E-state index contributed by atoms with van der Waals surface area (Å²) in [5.74, 6) is 0.996. The van der Waals surface area contributed by atoms with Crippen molar-refractivity contribution in [1.29, 1.82) is 0 Å². The average Bonchev–Trinajstić information content (AvgIpc) is 3.33. The van der Waals surface area contributed by atoms with E-state index >= 15 is 0 Å². The van der Waals surface area contributed by atoms with Crippen LogP contribution in [0.4, 0.5) is 5.69 Å². The summed E-state index contributed by atoms with van der Waals surface area (Å²) in [4.78, 5) is 26.3. The normalized spacial score (nSPS) is 18.7. The number of anilines is 1. The van der Waals surface area contributed by atoms with Crippen molar-refractivity contribution in [3.05, 3.63) is 36.2 Å². The quantitative estimate of drug-likeness (QED) is 0.901. The number of carbonyl (C=O) groups is 2. The van der Waals surface area contributed by atoms with E-state index in [0.29, 0.717) is 30.3 Å². The summed E-state index contributed by atoms with van der Waals surface area (Å²) in [7, 11) is 0. The standard InChI is InChI=1S/C17H18N4O4/c1-2-20-6-5-13(19-20)17(23)18-11-7-16(22)21(9-11)12-3-4-14-15(8-12)25-10-24-14/h3-6,8,11H,2,7,9-10H2,1H3,(H,18,23). The number of carbonyl (C=O) groups excluding carboxylic acids is 2. The molecule has 2 aliphatic rings. The minimum Gasteiger partial charge on any atom is -0.454 e. The minimum atomic E-state index is -0.266. The first-order chi connectivity index (χ1) is 12.1. The lowest BCUT2D eigenvalue weighted by Crippen LogP contribution is -2.37. The molecule has 0 spiro atoms. The summed E-state index contributed by atoms with van der Waals surface area (Å²) < 4.78 is 12.3. The molecule has 3 heterocycles. The molecule has 2 amide bonds. The second-order valence-corrected chi connectivity index (χ2v) is 5.97. The highest BCUT2D eigenvalue weighted by Gasteiger charge is 2.32. The lowest BCUT2D eigenvalue weighted by atomic mass is 10.2. The monoisotopic (exact) mass is 342 g/mol. The van der Waals surface area contributed by atoms with Gasteiger partial charge >= 0.3 is 0 Å². The number of hydrogen-bond donors (Lipinski definition) is 1. The molecule has 130 valence electrons. The fourth-order valence-corrected chi connectivity index (χ4v) is 3.03. The molecule has 1 aromatic carbocycles. The lowest BCUT2D eigenvalue weighted by Gasteiger charge is -2.17. The summed E-state index contributed by atoms with van der Waals surface area (Å²) in [5, 5.41) is 7.06. The third-order valence-electron chi connectivity index (χ3n) is 4.33. The smallest absolute Gasteiger partial charge is 0.272 e. The molecule has 2 aromatic rings. The van der Waals surface area contributed by atoms with Crippen molar-refractivity contribution in [3.63, 3.8) is 0 Å². The van der Waals surface area contributed by atoms with Crippen molar-refractivity contribution in [1.82, 2.24) is 15.1 Å². The Hall–Kier alpha value is -3.03. The van der Waals surface area contributed by atoms with E-state index in [9.17, 15) is 9.59 Å². The molecule has 8 heteroatoms. The van der Waals surface area contributed by atoms with Crippen molar-refractivity contribution in [3.8, 4) is 11.5 Å². The predicted octanol–water partition coefficient (Wildman–Crippen LogP) is 1.17. The van der Waals surface area contributed by atoms with Crippen molar-refractivity contribution in [2.75, 3.05) is 18.2 Å². The van der Waals surface area contributed by atoms with E-state index in [1.807, 2.05) is 13.0 Å². The Morgan fingerprint density at radius 3 is 2.96 bits per heavy atom. The highest BCUT2D eigenvalue weighted by Crippen LogP contribution is 2.36. The first-order valence-electron chi connectivity index (χ1n) is 8.18. The van der Waals surface area contributed by atoms with Gasteiger partial charge < -0.3 is 19.7 Å². The molecule has 1 N–H and O–H groups in total. The van der Waals surface area contributed by atoms with Crippen LogP contribution < -0.4 is 19.7 Å². The number of amides is 2. The van der Waals surface area contributed by atoms with Gasteiger partial charge in [-0.25, -0.2) is 0 Å². The van der Waals surface area contributed by atoms with Gasteiger partial charge in [0, 0.05) is 37.5 Å². The molecule has 0 saturated carbocycles. The van der Waals surface area contributed by atoms with E-state index in [4.69, 9.17) is 9.47 Å². The van der Waals surface area contributed by atoms with Gasteiger partial charge in [0.05, 0.1) is 6.04 Å². The van der Waals surface area contributed by atoms with Gasteiger partial charge in [-0.1, -0.05) is 0 Å². The first-order valence-corrected chi connectivity index (χ1v) is 8.18. The van der Waals surface area contributed by atoms with Crippen LogP contribution in [-0.4, -0.2) is 41.0 Å². The summed E-state index contributed by atoms with van der Waals surface area (Å²) >= 11 is 0.